The van der Waals surface area contributed by atoms with E-state index >= 15 is 0 Å². The van der Waals surface area contributed by atoms with Crippen molar-refractivity contribution >= 4 is 22.0 Å². The van der Waals surface area contributed by atoms with Gasteiger partial charge in [0.15, 0.2) is 0 Å². The molecule has 6 nitrogen and oxygen atoms in total. The van der Waals surface area contributed by atoms with E-state index in [0.29, 0.717) is 26.1 Å². The first-order chi connectivity index (χ1) is 12.9. The zero-order valence-corrected chi connectivity index (χ0v) is 17.4. The predicted octanol–water partition coefficient (Wildman–Crippen LogP) is 3.58. The van der Waals surface area contributed by atoms with Gasteiger partial charge in [0.25, 0.3) is 0 Å². The summed E-state index contributed by atoms with van der Waals surface area (Å²) in [7, 11) is 1.63. The van der Waals surface area contributed by atoms with E-state index in [0.717, 1.165) is 47.9 Å². The van der Waals surface area contributed by atoms with Gasteiger partial charge in [-0.1, -0.05) is 25.3 Å². The van der Waals surface area contributed by atoms with E-state index in [1.165, 1.54) is 4.90 Å². The van der Waals surface area contributed by atoms with E-state index < -0.39 is 11.7 Å². The van der Waals surface area contributed by atoms with E-state index in [1.807, 2.05) is 18.2 Å². The van der Waals surface area contributed by atoms with Crippen molar-refractivity contribution in [2.45, 2.75) is 56.1 Å². The molecule has 3 N–H and O–H groups in total. The average Bonchev–Trinajstić information content (AvgIpc) is 2.66. The topological polar surface area (TPSA) is 82.0 Å². The number of benzene rings is 1. The van der Waals surface area contributed by atoms with Gasteiger partial charge in [-0.3, -0.25) is 0 Å². The number of amides is 1. The van der Waals surface area contributed by atoms with E-state index in [1.54, 1.807) is 7.11 Å². The summed E-state index contributed by atoms with van der Waals surface area (Å²) in [5.74, 6) is 0.631. The third-order valence-electron chi connectivity index (χ3n) is 6.05. The number of carbonyl (C=O) groups is 1. The Kier molecular flexibility index (Phi) is 6.65. The van der Waals surface area contributed by atoms with Crippen LogP contribution in [0.25, 0.3) is 0 Å². The Bertz CT molecular complexity index is 663. The number of aliphatic hydroxyl groups is 1. The molecule has 2 unspecified atom stereocenters. The van der Waals surface area contributed by atoms with Crippen molar-refractivity contribution in [1.82, 2.24) is 10.2 Å². The highest BCUT2D eigenvalue weighted by Gasteiger charge is 2.41. The molecule has 1 aliphatic carbocycles. The van der Waals surface area contributed by atoms with Gasteiger partial charge in [0.05, 0.1) is 17.2 Å². The van der Waals surface area contributed by atoms with Crippen LogP contribution in [-0.4, -0.2) is 59.6 Å². The van der Waals surface area contributed by atoms with Gasteiger partial charge < -0.3 is 25.2 Å². The van der Waals surface area contributed by atoms with Crippen molar-refractivity contribution in [3.8, 4) is 5.75 Å². The van der Waals surface area contributed by atoms with Crippen molar-refractivity contribution in [3.63, 3.8) is 0 Å². The van der Waals surface area contributed by atoms with Crippen LogP contribution in [0.4, 0.5) is 4.79 Å². The van der Waals surface area contributed by atoms with Gasteiger partial charge in [0.2, 0.25) is 0 Å². The lowest BCUT2D eigenvalue weighted by Crippen LogP contribution is -2.55. The van der Waals surface area contributed by atoms with E-state index in [2.05, 4.69) is 21.2 Å². The number of rotatable bonds is 5. The first-order valence-electron chi connectivity index (χ1n) is 9.71. The van der Waals surface area contributed by atoms with Crippen LogP contribution in [0.2, 0.25) is 0 Å². The molecule has 0 aromatic heterocycles. The molecule has 1 heterocycles. The molecule has 7 heteroatoms. The van der Waals surface area contributed by atoms with E-state index in [-0.39, 0.29) is 12.0 Å². The highest BCUT2D eigenvalue weighted by molar-refractivity contribution is 9.10. The lowest BCUT2D eigenvalue weighted by atomic mass is 9.70. The van der Waals surface area contributed by atoms with Crippen molar-refractivity contribution in [3.05, 3.63) is 28.2 Å². The van der Waals surface area contributed by atoms with Crippen LogP contribution in [0.1, 0.15) is 50.0 Å². The largest absolute Gasteiger partial charge is 0.496 e. The van der Waals surface area contributed by atoms with Crippen LogP contribution in [0.15, 0.2) is 22.7 Å². The van der Waals surface area contributed by atoms with Gasteiger partial charge >= 0.3 is 6.09 Å². The molecular weight excluding hydrogens is 412 g/mol. The predicted molar refractivity (Wildman–Crippen MR) is 107 cm³/mol. The molecular formula is C20H29BrN2O4. The molecule has 3 rings (SSSR count). The fourth-order valence-electron chi connectivity index (χ4n) is 4.57. The Morgan fingerprint density at radius 1 is 1.41 bits per heavy atom. The van der Waals surface area contributed by atoms with Crippen molar-refractivity contribution in [2.24, 2.45) is 0 Å². The van der Waals surface area contributed by atoms with E-state index in [9.17, 15) is 15.0 Å². The lowest BCUT2D eigenvalue weighted by Gasteiger charge is -2.43. The smallest absolute Gasteiger partial charge is 0.407 e. The lowest BCUT2D eigenvalue weighted by molar-refractivity contribution is -0.0317. The Balaban J connectivity index is 1.92. The number of nitrogens with one attached hydrogen (secondary N) is 1. The van der Waals surface area contributed by atoms with E-state index in [4.69, 9.17) is 4.74 Å². The Morgan fingerprint density at radius 3 is 2.78 bits per heavy atom. The van der Waals surface area contributed by atoms with Crippen LogP contribution < -0.4 is 10.1 Å². The van der Waals surface area contributed by atoms with Crippen molar-refractivity contribution in [2.75, 3.05) is 26.7 Å². The summed E-state index contributed by atoms with van der Waals surface area (Å²) >= 11 is 3.55. The maximum absolute atomic E-state index is 11.7. The number of carboxylic acid groups (broad SMARTS) is 1. The van der Waals surface area contributed by atoms with Gasteiger partial charge in [-0.25, -0.2) is 4.79 Å². The molecule has 0 spiro atoms. The highest BCUT2D eigenvalue weighted by atomic mass is 79.9. The first kappa shape index (κ1) is 20.4. The maximum Gasteiger partial charge on any atom is 0.407 e. The molecule has 150 valence electrons. The summed E-state index contributed by atoms with van der Waals surface area (Å²) < 4.78 is 6.19. The number of hydrogen-bond donors (Lipinski definition) is 3. The second-order valence-electron chi connectivity index (χ2n) is 7.68. The van der Waals surface area contributed by atoms with Gasteiger partial charge in [-0.15, -0.1) is 0 Å². The summed E-state index contributed by atoms with van der Waals surface area (Å²) in [5, 5.41) is 24.4. The number of ether oxygens (including phenoxy) is 1. The summed E-state index contributed by atoms with van der Waals surface area (Å²) in [4.78, 5) is 13.2. The molecule has 27 heavy (non-hydrogen) atoms. The third kappa shape index (κ3) is 4.58. The van der Waals surface area contributed by atoms with Crippen LogP contribution in [0.5, 0.6) is 5.75 Å². The average molecular weight is 441 g/mol. The van der Waals surface area contributed by atoms with Gasteiger partial charge in [-0.05, 0) is 52.9 Å². The summed E-state index contributed by atoms with van der Waals surface area (Å²) in [6.07, 6.45) is 4.41. The van der Waals surface area contributed by atoms with Crippen molar-refractivity contribution < 1.29 is 19.7 Å². The summed E-state index contributed by atoms with van der Waals surface area (Å²) in [6.45, 7) is 1.78. The fraction of sp³-hybridized carbons (Fsp3) is 0.650. The normalized spacial score (nSPS) is 23.7. The highest BCUT2D eigenvalue weighted by Crippen LogP contribution is 2.44. The molecule has 1 aliphatic heterocycles. The van der Waals surface area contributed by atoms with Crippen LogP contribution >= 0.6 is 15.9 Å². The molecule has 1 saturated heterocycles. The zero-order chi connectivity index (χ0) is 19.4. The quantitative estimate of drug-likeness (QED) is 0.651. The standard InChI is InChI=1S/C20H29BrN2O4/c1-27-18-6-5-14(11-17(18)21)16(20(26)7-3-2-4-8-20)12-15-13-22-9-10-23(15)19(24)25/h5-6,11,15-16,22,26H,2-4,7-10,12-13H2,1H3,(H,24,25). The Hall–Kier alpha value is -1.31. The van der Waals surface area contributed by atoms with Gasteiger partial charge in [0, 0.05) is 31.6 Å². The minimum Gasteiger partial charge on any atom is -0.496 e. The molecule has 2 aliphatic rings. The molecule has 1 amide bonds. The summed E-state index contributed by atoms with van der Waals surface area (Å²) in [5.41, 5.74) is 0.233. The minimum absolute atomic E-state index is 0.119. The number of piperazine rings is 1. The Labute approximate surface area is 169 Å². The molecule has 1 saturated carbocycles. The zero-order valence-electron chi connectivity index (χ0n) is 15.8. The molecule has 1 aromatic carbocycles. The molecule has 0 bridgehead atoms. The summed E-state index contributed by atoms with van der Waals surface area (Å²) in [6, 6.07) is 5.78. The Morgan fingerprint density at radius 2 is 2.15 bits per heavy atom. The number of hydrogen-bond acceptors (Lipinski definition) is 4. The first-order valence-corrected chi connectivity index (χ1v) is 10.5. The number of methoxy groups -OCH3 is 1. The molecule has 2 fully saturated rings. The molecule has 0 radical (unpaired) electrons. The van der Waals surface area contributed by atoms with Crippen LogP contribution in [0, 0.1) is 0 Å². The number of halogens is 1. The van der Waals surface area contributed by atoms with Gasteiger partial charge in [-0.2, -0.15) is 0 Å². The second kappa shape index (κ2) is 8.80. The fourth-order valence-corrected chi connectivity index (χ4v) is 5.13. The van der Waals surface area contributed by atoms with Crippen molar-refractivity contribution in [1.29, 1.82) is 0 Å². The number of nitrogens with zero attached hydrogens (tertiary/aromatic N) is 1. The monoisotopic (exact) mass is 440 g/mol. The second-order valence-corrected chi connectivity index (χ2v) is 8.53. The molecule has 1 aromatic rings. The van der Waals surface area contributed by atoms with Crippen LogP contribution in [-0.2, 0) is 0 Å². The minimum atomic E-state index is -0.883. The molecule has 2 atom stereocenters. The maximum atomic E-state index is 11.7. The van der Waals surface area contributed by atoms with Crippen LogP contribution in [0.3, 0.4) is 0 Å². The SMILES string of the molecule is COc1ccc(C(CC2CNCCN2C(=O)O)C2(O)CCCCC2)cc1Br. The van der Waals surface area contributed by atoms with Gasteiger partial charge in [0.1, 0.15) is 5.75 Å². The third-order valence-corrected chi connectivity index (χ3v) is 6.67.